The van der Waals surface area contributed by atoms with Crippen molar-refractivity contribution in [1.82, 2.24) is 19.9 Å². The van der Waals surface area contributed by atoms with E-state index in [1.54, 1.807) is 0 Å². The smallest absolute Gasteiger partial charge is 0.225 e. The Kier molecular flexibility index (Phi) is 29.9. The molecule has 8 nitrogen and oxygen atoms in total. The van der Waals surface area contributed by atoms with Gasteiger partial charge in [0.1, 0.15) is 0 Å². The largest absolute Gasteiger partial charge is 0.398 e. The highest BCUT2D eigenvalue weighted by atomic mass is 79.9. The highest BCUT2D eigenvalue weighted by molar-refractivity contribution is 9.10. The average molecular weight is 1020 g/mol. The third-order valence-corrected chi connectivity index (χ3v) is 13.7. The zero-order chi connectivity index (χ0) is 49.9. The number of hydrogen-bond acceptors (Lipinski definition) is 8. The third kappa shape index (κ3) is 22.1. The van der Waals surface area contributed by atoms with Gasteiger partial charge in [0.15, 0.2) is 0 Å². The Labute approximate surface area is 433 Å². The van der Waals surface area contributed by atoms with Gasteiger partial charge < -0.3 is 20.4 Å². The highest BCUT2D eigenvalue weighted by Gasteiger charge is 2.14. The van der Waals surface area contributed by atoms with Crippen molar-refractivity contribution in [3.05, 3.63) is 114 Å². The van der Waals surface area contributed by atoms with E-state index in [1.807, 2.05) is 55.1 Å². The molecule has 6 rings (SSSR count). The van der Waals surface area contributed by atoms with Gasteiger partial charge in [0, 0.05) is 67.8 Å². The number of hydrogen-bond donors (Lipinski definition) is 1. The molecule has 0 aliphatic rings. The zero-order valence-corrected chi connectivity index (χ0v) is 45.9. The molecular formula is C61H91BrN8. The van der Waals surface area contributed by atoms with Crippen LogP contribution in [0.1, 0.15) is 182 Å². The maximum Gasteiger partial charge on any atom is 0.225 e. The fourth-order valence-corrected chi connectivity index (χ4v) is 9.17. The summed E-state index contributed by atoms with van der Waals surface area (Å²) in [5.41, 5.74) is 8.80. The SMILES string of the molecule is CCCCCCCCN(CCCCCCCC)c1ncc(Br)cn1.CCCCCCCCN(CCCCCCCC)c1ncc(N(C)c2cccc3ccccc23)cn1.Nc1cccc2ccccc12. The Balaban J connectivity index is 0.000000260. The summed E-state index contributed by atoms with van der Waals surface area (Å²) in [5, 5.41) is 4.83. The Morgan fingerprint density at radius 1 is 0.400 bits per heavy atom. The van der Waals surface area contributed by atoms with Gasteiger partial charge in [-0.25, -0.2) is 19.9 Å². The van der Waals surface area contributed by atoms with E-state index in [0.717, 1.165) is 59.3 Å². The van der Waals surface area contributed by atoms with E-state index in [9.17, 15) is 0 Å². The van der Waals surface area contributed by atoms with E-state index in [2.05, 4.69) is 130 Å². The van der Waals surface area contributed by atoms with Crippen LogP contribution in [0.5, 0.6) is 0 Å². The lowest BCUT2D eigenvalue weighted by atomic mass is 10.1. The van der Waals surface area contributed by atoms with Gasteiger partial charge in [0.2, 0.25) is 11.9 Å². The molecule has 0 spiro atoms. The number of fused-ring (bicyclic) bond motifs is 2. The molecular weight excluding hydrogens is 925 g/mol. The van der Waals surface area contributed by atoms with Gasteiger partial charge in [-0.1, -0.05) is 229 Å². The fraction of sp³-hybridized carbons (Fsp3) is 0.541. The molecule has 0 aliphatic heterocycles. The molecule has 0 bridgehead atoms. The van der Waals surface area contributed by atoms with Gasteiger partial charge in [0.25, 0.3) is 0 Å². The second-order valence-electron chi connectivity index (χ2n) is 19.1. The van der Waals surface area contributed by atoms with E-state index < -0.39 is 0 Å². The van der Waals surface area contributed by atoms with Crippen LogP contribution < -0.4 is 20.4 Å². The number of nitrogen functional groups attached to an aromatic ring is 1. The van der Waals surface area contributed by atoms with Crippen LogP contribution in [0.25, 0.3) is 21.5 Å². The van der Waals surface area contributed by atoms with Crippen molar-refractivity contribution in [2.45, 2.75) is 182 Å². The number of nitrogens with zero attached hydrogens (tertiary/aromatic N) is 7. The van der Waals surface area contributed by atoms with Gasteiger partial charge in [-0.15, -0.1) is 0 Å². The minimum Gasteiger partial charge on any atom is -0.398 e. The number of benzene rings is 4. The van der Waals surface area contributed by atoms with E-state index in [4.69, 9.17) is 15.7 Å². The first-order chi connectivity index (χ1) is 34.4. The highest BCUT2D eigenvalue weighted by Crippen LogP contribution is 2.31. The van der Waals surface area contributed by atoms with Crippen LogP contribution in [0.3, 0.4) is 0 Å². The maximum absolute atomic E-state index is 5.76. The molecule has 2 aromatic heterocycles. The van der Waals surface area contributed by atoms with Gasteiger partial charge in [-0.3, -0.25) is 0 Å². The van der Waals surface area contributed by atoms with Crippen LogP contribution in [0, 0.1) is 0 Å². The summed E-state index contributed by atoms with van der Waals surface area (Å²) in [7, 11) is 2.10. The van der Waals surface area contributed by atoms with E-state index >= 15 is 0 Å². The maximum atomic E-state index is 5.76. The molecule has 382 valence electrons. The number of halogens is 1. The predicted octanol–water partition coefficient (Wildman–Crippen LogP) is 18.1. The van der Waals surface area contributed by atoms with Gasteiger partial charge >= 0.3 is 0 Å². The molecule has 4 aromatic carbocycles. The van der Waals surface area contributed by atoms with Crippen LogP contribution in [-0.2, 0) is 0 Å². The summed E-state index contributed by atoms with van der Waals surface area (Å²) in [4.78, 5) is 25.7. The van der Waals surface area contributed by atoms with E-state index in [-0.39, 0.29) is 0 Å². The van der Waals surface area contributed by atoms with Crippen molar-refractivity contribution < 1.29 is 0 Å². The first-order valence-corrected chi connectivity index (χ1v) is 28.4. The second kappa shape index (κ2) is 36.2. The molecule has 0 saturated heterocycles. The van der Waals surface area contributed by atoms with Crippen molar-refractivity contribution >= 4 is 66.4 Å². The standard InChI is InChI=1S/C31H46N4.C20H36BrN3.C10H9N/c1-4-6-8-10-12-16-23-35(24-17-13-11-9-7-5-2)31-32-25-28(26-33-31)34(3)30-22-18-20-27-19-14-15-21-29(27)30;1-3-5-7-9-11-13-15-24(16-14-12-10-8-6-4-2)20-22-17-19(21)18-23-20;11-10-7-3-5-8-4-1-2-6-9(8)10/h14-15,18-22,25-26H,4-13,16-17,23-24H2,1-3H3;17-18H,3-16H2,1-2H3;1-7H,11H2. The number of aromatic nitrogens is 4. The summed E-state index contributed by atoms with van der Waals surface area (Å²) in [6, 6.07) is 29.0. The lowest BCUT2D eigenvalue weighted by Gasteiger charge is -2.24. The van der Waals surface area contributed by atoms with Crippen molar-refractivity contribution in [3.63, 3.8) is 0 Å². The van der Waals surface area contributed by atoms with Crippen LogP contribution in [-0.4, -0.2) is 53.2 Å². The summed E-state index contributed by atoms with van der Waals surface area (Å²) in [6.07, 6.45) is 39.5. The average Bonchev–Trinajstić information content (AvgIpc) is 3.39. The molecule has 2 N–H and O–H groups in total. The first kappa shape index (κ1) is 57.8. The number of unbranched alkanes of at least 4 members (excludes halogenated alkanes) is 20. The molecule has 0 saturated carbocycles. The van der Waals surface area contributed by atoms with Crippen molar-refractivity contribution in [2.75, 3.05) is 53.7 Å². The summed E-state index contributed by atoms with van der Waals surface area (Å²) in [5.74, 6) is 1.77. The molecule has 0 aliphatic carbocycles. The Morgan fingerprint density at radius 2 is 0.743 bits per heavy atom. The van der Waals surface area contributed by atoms with Crippen molar-refractivity contribution in [3.8, 4) is 0 Å². The third-order valence-electron chi connectivity index (χ3n) is 13.3. The lowest BCUT2D eigenvalue weighted by molar-refractivity contribution is 0.570. The van der Waals surface area contributed by atoms with Crippen LogP contribution in [0.15, 0.2) is 114 Å². The van der Waals surface area contributed by atoms with Gasteiger partial charge in [0.05, 0.1) is 22.6 Å². The molecule has 9 heteroatoms. The molecule has 0 amide bonds. The topological polar surface area (TPSA) is 87.3 Å². The molecule has 6 aromatic rings. The Hall–Kier alpha value is -4.76. The van der Waals surface area contributed by atoms with Crippen LogP contribution >= 0.6 is 15.9 Å². The van der Waals surface area contributed by atoms with Crippen LogP contribution in [0.2, 0.25) is 0 Å². The number of nitrogens with two attached hydrogens (primary N) is 1. The summed E-state index contributed by atoms with van der Waals surface area (Å²) in [6.45, 7) is 13.4. The van der Waals surface area contributed by atoms with Crippen molar-refractivity contribution in [2.24, 2.45) is 0 Å². The Morgan fingerprint density at radius 3 is 1.17 bits per heavy atom. The summed E-state index contributed by atoms with van der Waals surface area (Å²) >= 11 is 3.43. The quantitative estimate of drug-likeness (QED) is 0.0330. The van der Waals surface area contributed by atoms with E-state index in [0.29, 0.717) is 0 Å². The van der Waals surface area contributed by atoms with Gasteiger partial charge in [-0.2, -0.15) is 0 Å². The minimum absolute atomic E-state index is 0.850. The molecule has 0 fully saturated rings. The zero-order valence-electron chi connectivity index (χ0n) is 44.3. The lowest BCUT2D eigenvalue weighted by Crippen LogP contribution is -2.28. The molecule has 0 atom stereocenters. The normalized spacial score (nSPS) is 10.9. The molecule has 0 radical (unpaired) electrons. The minimum atomic E-state index is 0.850. The molecule has 70 heavy (non-hydrogen) atoms. The van der Waals surface area contributed by atoms with Crippen molar-refractivity contribution in [1.29, 1.82) is 0 Å². The fourth-order valence-electron chi connectivity index (χ4n) is 8.97. The Bertz CT molecular complexity index is 2170. The van der Waals surface area contributed by atoms with Gasteiger partial charge in [-0.05, 0) is 64.5 Å². The monoisotopic (exact) mass is 1010 g/mol. The summed E-state index contributed by atoms with van der Waals surface area (Å²) < 4.78 is 0.949. The van der Waals surface area contributed by atoms with Crippen LogP contribution in [0.4, 0.5) is 29.0 Å². The number of anilines is 5. The van der Waals surface area contributed by atoms with E-state index in [1.165, 1.54) is 176 Å². The second-order valence-corrected chi connectivity index (χ2v) is 20.0. The molecule has 0 unspecified atom stereocenters. The first-order valence-electron chi connectivity index (χ1n) is 27.6. The molecule has 2 heterocycles. The predicted molar refractivity (Wildman–Crippen MR) is 310 cm³/mol. The number of rotatable bonds is 32.